The highest BCUT2D eigenvalue weighted by Gasteiger charge is 2.30. The number of carbonyl (C=O) groups is 1. The van der Waals surface area contributed by atoms with Gasteiger partial charge in [0.05, 0.1) is 0 Å². The topological polar surface area (TPSA) is 50.2 Å². The Morgan fingerprint density at radius 3 is 2.73 bits per heavy atom. The van der Waals surface area contributed by atoms with Gasteiger partial charge in [-0.25, -0.2) is 4.98 Å². The van der Waals surface area contributed by atoms with E-state index in [1.54, 1.807) is 6.20 Å². The summed E-state index contributed by atoms with van der Waals surface area (Å²) < 4.78 is 2.94. The number of hydrogen-bond acceptors (Lipinski definition) is 3. The summed E-state index contributed by atoms with van der Waals surface area (Å²) >= 11 is 3.40. The normalized spacial score (nSPS) is 17.9. The zero-order chi connectivity index (χ0) is 14.8. The molecule has 0 saturated carbocycles. The van der Waals surface area contributed by atoms with Gasteiger partial charge in [-0.3, -0.25) is 4.79 Å². The highest BCUT2D eigenvalue weighted by atomic mass is 79.9. The van der Waals surface area contributed by atoms with Gasteiger partial charge in [-0.2, -0.15) is 0 Å². The van der Waals surface area contributed by atoms with Crippen molar-refractivity contribution in [1.82, 2.24) is 19.8 Å². The number of halogens is 2. The molecule has 2 aromatic rings. The van der Waals surface area contributed by atoms with Gasteiger partial charge in [-0.05, 0) is 24.3 Å². The van der Waals surface area contributed by atoms with Crippen molar-refractivity contribution in [2.75, 3.05) is 19.6 Å². The maximum atomic E-state index is 12.8. The van der Waals surface area contributed by atoms with Crippen LogP contribution in [0.4, 0.5) is 0 Å². The van der Waals surface area contributed by atoms with Crippen molar-refractivity contribution in [3.05, 3.63) is 52.5 Å². The van der Waals surface area contributed by atoms with Crippen molar-refractivity contribution in [2.24, 2.45) is 7.05 Å². The molecule has 1 aliphatic rings. The molecule has 1 unspecified atom stereocenters. The van der Waals surface area contributed by atoms with E-state index in [0.29, 0.717) is 12.1 Å². The molecule has 1 aromatic carbocycles. The number of imidazole rings is 1. The lowest BCUT2D eigenvalue weighted by atomic mass is 10.1. The maximum Gasteiger partial charge on any atom is 0.254 e. The number of piperazine rings is 1. The van der Waals surface area contributed by atoms with Crippen molar-refractivity contribution in [3.8, 4) is 0 Å². The van der Waals surface area contributed by atoms with Crippen LogP contribution in [-0.2, 0) is 7.05 Å². The minimum atomic E-state index is -0.0325. The van der Waals surface area contributed by atoms with E-state index in [1.807, 2.05) is 47.0 Å². The lowest BCUT2D eigenvalue weighted by molar-refractivity contribution is 0.0621. The van der Waals surface area contributed by atoms with Gasteiger partial charge in [0.15, 0.2) is 0 Å². The molecule has 7 heteroatoms. The largest absolute Gasteiger partial charge is 0.336 e. The number of aryl methyl sites for hydroxylation is 1. The summed E-state index contributed by atoms with van der Waals surface area (Å²) in [6.45, 7) is 2.22. The van der Waals surface area contributed by atoms with Crippen molar-refractivity contribution in [2.45, 2.75) is 6.04 Å². The predicted octanol–water partition coefficient (Wildman–Crippen LogP) is 2.39. The summed E-state index contributed by atoms with van der Waals surface area (Å²) in [7, 11) is 1.96. The molecule has 2 heterocycles. The molecular formula is C15H18BrClN4O. The van der Waals surface area contributed by atoms with Crippen LogP contribution in [0, 0.1) is 0 Å². The zero-order valence-corrected chi connectivity index (χ0v) is 14.6. The van der Waals surface area contributed by atoms with E-state index in [4.69, 9.17) is 0 Å². The molecule has 118 valence electrons. The van der Waals surface area contributed by atoms with E-state index < -0.39 is 0 Å². The second-order valence-corrected chi connectivity index (χ2v) is 6.04. The van der Waals surface area contributed by atoms with Crippen LogP contribution in [0.5, 0.6) is 0 Å². The first-order valence-electron chi connectivity index (χ1n) is 6.91. The van der Waals surface area contributed by atoms with E-state index in [2.05, 4.69) is 26.2 Å². The van der Waals surface area contributed by atoms with Crippen LogP contribution >= 0.6 is 28.3 Å². The quantitative estimate of drug-likeness (QED) is 0.863. The molecule has 0 bridgehead atoms. The number of rotatable bonds is 2. The van der Waals surface area contributed by atoms with E-state index >= 15 is 0 Å². The minimum Gasteiger partial charge on any atom is -0.336 e. The van der Waals surface area contributed by atoms with Crippen LogP contribution < -0.4 is 5.32 Å². The van der Waals surface area contributed by atoms with Gasteiger partial charge >= 0.3 is 0 Å². The van der Waals surface area contributed by atoms with Crippen molar-refractivity contribution in [3.63, 3.8) is 0 Å². The maximum absolute atomic E-state index is 12.8. The molecule has 1 aliphatic heterocycles. The summed E-state index contributed by atoms with van der Waals surface area (Å²) in [6.07, 6.45) is 3.68. The average Bonchev–Trinajstić information content (AvgIpc) is 2.93. The Labute approximate surface area is 144 Å². The lowest BCUT2D eigenvalue weighted by Gasteiger charge is -2.35. The average molecular weight is 386 g/mol. The van der Waals surface area contributed by atoms with Crippen LogP contribution in [0.25, 0.3) is 0 Å². The number of benzene rings is 1. The number of amides is 1. The molecule has 1 N–H and O–H groups in total. The Kier molecular flexibility index (Phi) is 5.61. The molecule has 3 rings (SSSR count). The number of hydrogen-bond donors (Lipinski definition) is 1. The standard InChI is InChI=1S/C15H17BrN4O.ClH/c1-19-8-7-18-14(19)13-10-17-6-9-20(13)15(21)11-2-4-12(16)5-3-11;/h2-5,7-8,13,17H,6,9-10H2,1H3;1H. The Hall–Kier alpha value is -1.37. The summed E-state index contributed by atoms with van der Waals surface area (Å²) in [5, 5.41) is 3.34. The molecule has 5 nitrogen and oxygen atoms in total. The van der Waals surface area contributed by atoms with Gasteiger partial charge in [-0.1, -0.05) is 15.9 Å². The molecule has 1 atom stereocenters. The molecule has 1 aromatic heterocycles. The predicted molar refractivity (Wildman–Crippen MR) is 91.2 cm³/mol. The molecular weight excluding hydrogens is 368 g/mol. The zero-order valence-electron chi connectivity index (χ0n) is 12.2. The SMILES string of the molecule is Cl.Cn1ccnc1C1CNCCN1C(=O)c1ccc(Br)cc1. The molecule has 0 radical (unpaired) electrons. The first-order chi connectivity index (χ1) is 10.2. The summed E-state index contributed by atoms with van der Waals surface area (Å²) in [5.74, 6) is 0.963. The van der Waals surface area contributed by atoms with E-state index in [9.17, 15) is 4.79 Å². The molecule has 1 amide bonds. The second kappa shape index (κ2) is 7.26. The first kappa shape index (κ1) is 17.0. The van der Waals surface area contributed by atoms with Crippen molar-refractivity contribution >= 4 is 34.2 Å². The Balaban J connectivity index is 0.00000176. The van der Waals surface area contributed by atoms with Crippen molar-refractivity contribution < 1.29 is 4.79 Å². The smallest absolute Gasteiger partial charge is 0.254 e. The van der Waals surface area contributed by atoms with Gasteiger partial charge in [0.25, 0.3) is 5.91 Å². The number of nitrogens with one attached hydrogen (secondary N) is 1. The van der Waals surface area contributed by atoms with Gasteiger partial charge < -0.3 is 14.8 Å². The number of nitrogens with zero attached hydrogens (tertiary/aromatic N) is 3. The monoisotopic (exact) mass is 384 g/mol. The van der Waals surface area contributed by atoms with Gasteiger partial charge in [0.1, 0.15) is 11.9 Å². The summed E-state index contributed by atoms with van der Waals surface area (Å²) in [4.78, 5) is 19.1. The Morgan fingerprint density at radius 1 is 1.36 bits per heavy atom. The fourth-order valence-corrected chi connectivity index (χ4v) is 2.90. The summed E-state index contributed by atoms with van der Waals surface area (Å²) in [6, 6.07) is 7.46. The highest BCUT2D eigenvalue weighted by molar-refractivity contribution is 9.10. The third kappa shape index (κ3) is 3.34. The fourth-order valence-electron chi connectivity index (χ4n) is 2.63. The van der Waals surface area contributed by atoms with Crippen LogP contribution in [-0.4, -0.2) is 40.0 Å². The molecule has 1 fully saturated rings. The lowest BCUT2D eigenvalue weighted by Crippen LogP contribution is -2.49. The van der Waals surface area contributed by atoms with Crippen LogP contribution in [0.2, 0.25) is 0 Å². The van der Waals surface area contributed by atoms with Crippen LogP contribution in [0.1, 0.15) is 22.2 Å². The molecule has 1 saturated heterocycles. The molecule has 0 spiro atoms. The fraction of sp³-hybridized carbons (Fsp3) is 0.333. The van der Waals surface area contributed by atoms with Gasteiger partial charge in [-0.15, -0.1) is 12.4 Å². The van der Waals surface area contributed by atoms with E-state index in [0.717, 1.165) is 23.4 Å². The van der Waals surface area contributed by atoms with E-state index in [1.165, 1.54) is 0 Å². The molecule has 22 heavy (non-hydrogen) atoms. The third-order valence-electron chi connectivity index (χ3n) is 3.75. The summed E-state index contributed by atoms with van der Waals surface area (Å²) in [5.41, 5.74) is 0.708. The Morgan fingerprint density at radius 2 is 2.09 bits per heavy atom. The van der Waals surface area contributed by atoms with Crippen molar-refractivity contribution in [1.29, 1.82) is 0 Å². The van der Waals surface area contributed by atoms with Gasteiger partial charge in [0, 0.05) is 49.1 Å². The van der Waals surface area contributed by atoms with E-state index in [-0.39, 0.29) is 24.4 Å². The number of carbonyl (C=O) groups excluding carboxylic acids is 1. The number of aromatic nitrogens is 2. The first-order valence-corrected chi connectivity index (χ1v) is 7.70. The third-order valence-corrected chi connectivity index (χ3v) is 4.28. The Bertz CT molecular complexity index is 643. The minimum absolute atomic E-state index is 0. The second-order valence-electron chi connectivity index (χ2n) is 5.12. The highest BCUT2D eigenvalue weighted by Crippen LogP contribution is 2.23. The molecule has 0 aliphatic carbocycles. The van der Waals surface area contributed by atoms with Crippen LogP contribution in [0.3, 0.4) is 0 Å². The van der Waals surface area contributed by atoms with Gasteiger partial charge in [0.2, 0.25) is 0 Å². The van der Waals surface area contributed by atoms with Crippen LogP contribution in [0.15, 0.2) is 41.1 Å².